The van der Waals surface area contributed by atoms with E-state index in [0.29, 0.717) is 29.8 Å². The van der Waals surface area contributed by atoms with Crippen LogP contribution < -0.4 is 4.74 Å². The molecule has 0 aliphatic carbocycles. The van der Waals surface area contributed by atoms with Crippen LogP contribution in [0.3, 0.4) is 0 Å². The van der Waals surface area contributed by atoms with Crippen molar-refractivity contribution in [3.8, 4) is 5.75 Å². The third-order valence-electron chi connectivity index (χ3n) is 3.02. The van der Waals surface area contributed by atoms with Gasteiger partial charge in [-0.05, 0) is 24.6 Å². The van der Waals surface area contributed by atoms with Crippen molar-refractivity contribution in [2.45, 2.75) is 24.4 Å². The number of benzene rings is 1. The van der Waals surface area contributed by atoms with Gasteiger partial charge in [-0.3, -0.25) is 0 Å². The largest absolute Gasteiger partial charge is 0.494 e. The number of thioether (sulfide) groups is 1. The molecule has 1 aromatic heterocycles. The van der Waals surface area contributed by atoms with Crippen LogP contribution in [-0.2, 0) is 19.8 Å². The fourth-order valence-electron chi connectivity index (χ4n) is 1.78. The lowest BCUT2D eigenvalue weighted by Gasteiger charge is -2.10. The molecule has 0 radical (unpaired) electrons. The first-order chi connectivity index (χ1) is 10.9. The standard InChI is InChI=1S/C14H16F3N3O2S/c1-20-12(9-21)18-19-13(20)23-7-3-6-22-11-5-2-4-10(8-11)14(15,16)17/h2,4-5,8,21H,3,6-7,9H2,1H3. The molecule has 5 nitrogen and oxygen atoms in total. The average Bonchev–Trinajstić information content (AvgIpc) is 2.87. The molecule has 1 heterocycles. The first-order valence-corrected chi connectivity index (χ1v) is 7.82. The Kier molecular flexibility index (Phi) is 5.89. The van der Waals surface area contributed by atoms with Gasteiger partial charge in [-0.15, -0.1) is 10.2 Å². The summed E-state index contributed by atoms with van der Waals surface area (Å²) in [6.07, 6.45) is -3.73. The molecular weight excluding hydrogens is 331 g/mol. The van der Waals surface area contributed by atoms with Gasteiger partial charge < -0.3 is 14.4 Å². The molecule has 0 bridgehead atoms. The summed E-state index contributed by atoms with van der Waals surface area (Å²) >= 11 is 1.44. The number of hydrogen-bond acceptors (Lipinski definition) is 5. The highest BCUT2D eigenvalue weighted by atomic mass is 32.2. The molecule has 23 heavy (non-hydrogen) atoms. The van der Waals surface area contributed by atoms with E-state index >= 15 is 0 Å². The number of halogens is 3. The number of alkyl halides is 3. The highest BCUT2D eigenvalue weighted by Crippen LogP contribution is 2.31. The van der Waals surface area contributed by atoms with Crippen molar-refractivity contribution in [2.24, 2.45) is 7.05 Å². The Morgan fingerprint density at radius 1 is 1.30 bits per heavy atom. The third-order valence-corrected chi connectivity index (χ3v) is 4.12. The second-order valence-electron chi connectivity index (χ2n) is 4.69. The monoisotopic (exact) mass is 347 g/mol. The first kappa shape index (κ1) is 17.6. The van der Waals surface area contributed by atoms with Crippen molar-refractivity contribution in [3.63, 3.8) is 0 Å². The van der Waals surface area contributed by atoms with Crippen LogP contribution in [0.4, 0.5) is 13.2 Å². The molecule has 1 N–H and O–H groups in total. The summed E-state index contributed by atoms with van der Waals surface area (Å²) in [7, 11) is 1.76. The Morgan fingerprint density at radius 3 is 2.74 bits per heavy atom. The minimum Gasteiger partial charge on any atom is -0.494 e. The van der Waals surface area contributed by atoms with Gasteiger partial charge in [0.15, 0.2) is 11.0 Å². The lowest BCUT2D eigenvalue weighted by Crippen LogP contribution is -2.06. The fourth-order valence-corrected chi connectivity index (χ4v) is 2.63. The van der Waals surface area contributed by atoms with Crippen LogP contribution in [0.15, 0.2) is 29.4 Å². The van der Waals surface area contributed by atoms with Gasteiger partial charge in [0, 0.05) is 12.8 Å². The minimum atomic E-state index is -4.37. The van der Waals surface area contributed by atoms with Crippen molar-refractivity contribution in [3.05, 3.63) is 35.7 Å². The van der Waals surface area contributed by atoms with Gasteiger partial charge in [-0.25, -0.2) is 0 Å². The van der Waals surface area contributed by atoms with Gasteiger partial charge in [-0.2, -0.15) is 13.2 Å². The molecule has 2 rings (SSSR count). The highest BCUT2D eigenvalue weighted by molar-refractivity contribution is 7.99. The fraction of sp³-hybridized carbons (Fsp3) is 0.429. The van der Waals surface area contributed by atoms with Crippen molar-refractivity contribution < 1.29 is 23.0 Å². The summed E-state index contributed by atoms with van der Waals surface area (Å²) in [5.74, 6) is 1.36. The van der Waals surface area contributed by atoms with Gasteiger partial charge in [0.05, 0.1) is 12.2 Å². The predicted molar refractivity (Wildman–Crippen MR) is 79.2 cm³/mol. The molecule has 0 amide bonds. The molecule has 0 unspecified atom stereocenters. The minimum absolute atomic E-state index is 0.178. The second-order valence-corrected chi connectivity index (χ2v) is 5.75. The van der Waals surface area contributed by atoms with Crippen LogP contribution in [-0.4, -0.2) is 32.2 Å². The van der Waals surface area contributed by atoms with E-state index in [1.165, 1.54) is 23.9 Å². The second kappa shape index (κ2) is 7.69. The predicted octanol–water partition coefficient (Wildman–Crippen LogP) is 2.89. The number of aliphatic hydroxyl groups is 1. The third kappa shape index (κ3) is 4.87. The number of aliphatic hydroxyl groups excluding tert-OH is 1. The van der Waals surface area contributed by atoms with E-state index in [4.69, 9.17) is 9.84 Å². The zero-order chi connectivity index (χ0) is 16.9. The van der Waals surface area contributed by atoms with Crippen LogP contribution in [0.1, 0.15) is 17.8 Å². The summed E-state index contributed by atoms with van der Waals surface area (Å²) in [6.45, 7) is 0.127. The molecule has 0 saturated carbocycles. The zero-order valence-electron chi connectivity index (χ0n) is 12.4. The number of nitrogens with zero attached hydrogens (tertiary/aromatic N) is 3. The Labute approximate surface area is 135 Å². The number of ether oxygens (including phenoxy) is 1. The molecule has 0 aliphatic rings. The Hall–Kier alpha value is -1.74. The lowest BCUT2D eigenvalue weighted by atomic mass is 10.2. The Morgan fingerprint density at radius 2 is 2.09 bits per heavy atom. The summed E-state index contributed by atoms with van der Waals surface area (Å²) in [5.41, 5.74) is -0.722. The summed E-state index contributed by atoms with van der Waals surface area (Å²) in [4.78, 5) is 0. The van der Waals surface area contributed by atoms with Crippen molar-refractivity contribution in [2.75, 3.05) is 12.4 Å². The van der Waals surface area contributed by atoms with Gasteiger partial charge in [-0.1, -0.05) is 17.8 Å². The molecule has 0 fully saturated rings. The van der Waals surface area contributed by atoms with Crippen molar-refractivity contribution in [1.29, 1.82) is 0 Å². The topological polar surface area (TPSA) is 60.2 Å². The van der Waals surface area contributed by atoms with E-state index in [1.54, 1.807) is 11.6 Å². The van der Waals surface area contributed by atoms with Crippen molar-refractivity contribution >= 4 is 11.8 Å². The van der Waals surface area contributed by atoms with Gasteiger partial charge in [0.25, 0.3) is 0 Å². The SMILES string of the molecule is Cn1c(CO)nnc1SCCCOc1cccc(C(F)(F)F)c1. The Bertz CT molecular complexity index is 646. The normalized spacial score (nSPS) is 11.7. The number of rotatable bonds is 7. The van der Waals surface area contributed by atoms with Gasteiger partial charge >= 0.3 is 6.18 Å². The highest BCUT2D eigenvalue weighted by Gasteiger charge is 2.30. The van der Waals surface area contributed by atoms with E-state index in [2.05, 4.69) is 10.2 Å². The quantitative estimate of drug-likeness (QED) is 0.616. The van der Waals surface area contributed by atoms with Crippen LogP contribution in [0, 0.1) is 0 Å². The molecule has 0 spiro atoms. The molecule has 0 atom stereocenters. The van der Waals surface area contributed by atoms with Crippen LogP contribution in [0.25, 0.3) is 0 Å². The van der Waals surface area contributed by atoms with Crippen LogP contribution >= 0.6 is 11.8 Å². The van der Waals surface area contributed by atoms with E-state index in [-0.39, 0.29) is 12.4 Å². The molecule has 0 saturated heterocycles. The average molecular weight is 347 g/mol. The van der Waals surface area contributed by atoms with Crippen LogP contribution in [0.2, 0.25) is 0 Å². The summed E-state index contributed by atoms with van der Waals surface area (Å²) in [6, 6.07) is 4.82. The van der Waals surface area contributed by atoms with Gasteiger partial charge in [0.2, 0.25) is 0 Å². The summed E-state index contributed by atoms with van der Waals surface area (Å²) in [5, 5.41) is 17.4. The van der Waals surface area contributed by atoms with Crippen LogP contribution in [0.5, 0.6) is 5.75 Å². The molecular formula is C14H16F3N3O2S. The Balaban J connectivity index is 1.76. The molecule has 0 aliphatic heterocycles. The van der Waals surface area contributed by atoms with E-state index in [1.807, 2.05) is 0 Å². The maximum absolute atomic E-state index is 12.6. The van der Waals surface area contributed by atoms with E-state index in [9.17, 15) is 13.2 Å². The molecule has 1 aromatic carbocycles. The van der Waals surface area contributed by atoms with Crippen molar-refractivity contribution in [1.82, 2.24) is 14.8 Å². The number of aromatic nitrogens is 3. The zero-order valence-corrected chi connectivity index (χ0v) is 13.2. The summed E-state index contributed by atoms with van der Waals surface area (Å²) < 4.78 is 44.8. The number of hydrogen-bond donors (Lipinski definition) is 1. The van der Waals surface area contributed by atoms with Gasteiger partial charge in [0.1, 0.15) is 12.4 Å². The maximum atomic E-state index is 12.6. The lowest BCUT2D eigenvalue weighted by molar-refractivity contribution is -0.137. The smallest absolute Gasteiger partial charge is 0.416 e. The molecule has 9 heteroatoms. The van der Waals surface area contributed by atoms with E-state index < -0.39 is 11.7 Å². The first-order valence-electron chi connectivity index (χ1n) is 6.84. The van der Waals surface area contributed by atoms with E-state index in [0.717, 1.165) is 12.1 Å². The molecule has 2 aromatic rings. The maximum Gasteiger partial charge on any atom is 0.416 e. The molecule has 126 valence electrons.